The number of ether oxygens (including phenoxy) is 1. The van der Waals surface area contributed by atoms with Gasteiger partial charge >= 0.3 is 0 Å². The van der Waals surface area contributed by atoms with Crippen molar-refractivity contribution >= 4 is 38.5 Å². The first kappa shape index (κ1) is 21.8. The molecule has 0 aliphatic heterocycles. The number of fused-ring (bicyclic) bond motifs is 1. The third kappa shape index (κ3) is 5.19. The maximum Gasteiger partial charge on any atom is 0.261 e. The minimum absolute atomic E-state index is 0.146. The smallest absolute Gasteiger partial charge is 0.261 e. The SMILES string of the molecule is CNC(=O)C(C)N(CCc1ccccc1)C(=O)COc1ccc2ccccc2c1Br. The fourth-order valence-electron chi connectivity index (χ4n) is 3.33. The van der Waals surface area contributed by atoms with Gasteiger partial charge in [-0.05, 0) is 51.7 Å². The van der Waals surface area contributed by atoms with E-state index >= 15 is 0 Å². The van der Waals surface area contributed by atoms with E-state index in [1.54, 1.807) is 18.9 Å². The average Bonchev–Trinajstić information content (AvgIpc) is 2.79. The summed E-state index contributed by atoms with van der Waals surface area (Å²) >= 11 is 3.58. The zero-order valence-corrected chi connectivity index (χ0v) is 18.7. The number of carbonyl (C=O) groups excluding carboxylic acids is 2. The van der Waals surface area contributed by atoms with E-state index in [0.29, 0.717) is 18.7 Å². The van der Waals surface area contributed by atoms with E-state index in [4.69, 9.17) is 4.74 Å². The second-order valence-electron chi connectivity index (χ2n) is 7.00. The molecule has 0 radical (unpaired) electrons. The van der Waals surface area contributed by atoms with Crippen LogP contribution in [-0.2, 0) is 16.0 Å². The van der Waals surface area contributed by atoms with Gasteiger partial charge in [0.25, 0.3) is 5.91 Å². The molecule has 0 spiro atoms. The number of nitrogens with one attached hydrogen (secondary N) is 1. The lowest BCUT2D eigenvalue weighted by Gasteiger charge is -2.28. The predicted octanol–water partition coefficient (Wildman–Crippen LogP) is 4.19. The fourth-order valence-corrected chi connectivity index (χ4v) is 3.93. The van der Waals surface area contributed by atoms with Crippen LogP contribution in [0.2, 0.25) is 0 Å². The van der Waals surface area contributed by atoms with Crippen LogP contribution in [0.5, 0.6) is 5.75 Å². The maximum atomic E-state index is 13.0. The number of amides is 2. The van der Waals surface area contributed by atoms with Crippen LogP contribution in [0.3, 0.4) is 0 Å². The Morgan fingerprint density at radius 1 is 1.03 bits per heavy atom. The van der Waals surface area contributed by atoms with Gasteiger partial charge in [0.15, 0.2) is 6.61 Å². The molecule has 2 amide bonds. The van der Waals surface area contributed by atoms with Crippen LogP contribution < -0.4 is 10.1 Å². The van der Waals surface area contributed by atoms with Crippen LogP contribution in [0.1, 0.15) is 12.5 Å². The Hall–Kier alpha value is -2.86. The molecule has 3 rings (SSSR count). The summed E-state index contributed by atoms with van der Waals surface area (Å²) < 4.78 is 6.64. The van der Waals surface area contributed by atoms with Crippen molar-refractivity contribution in [1.82, 2.24) is 10.2 Å². The molecule has 3 aromatic rings. The highest BCUT2D eigenvalue weighted by molar-refractivity contribution is 9.10. The maximum absolute atomic E-state index is 13.0. The van der Waals surface area contributed by atoms with E-state index in [0.717, 1.165) is 20.8 Å². The van der Waals surface area contributed by atoms with Crippen molar-refractivity contribution < 1.29 is 14.3 Å². The van der Waals surface area contributed by atoms with Gasteiger partial charge in [-0.3, -0.25) is 9.59 Å². The molecule has 3 aromatic carbocycles. The molecule has 30 heavy (non-hydrogen) atoms. The Bertz CT molecular complexity index is 1020. The lowest BCUT2D eigenvalue weighted by Crippen LogP contribution is -2.49. The minimum atomic E-state index is -0.588. The quantitative estimate of drug-likeness (QED) is 0.539. The summed E-state index contributed by atoms with van der Waals surface area (Å²) in [6, 6.07) is 21.1. The standard InChI is InChI=1S/C24H25BrN2O3/c1-17(24(29)26-2)27(15-14-18-8-4-3-5-9-18)22(28)16-30-21-13-12-19-10-6-7-11-20(19)23(21)25/h3-13,17H,14-16H2,1-2H3,(H,26,29). The van der Waals surface area contributed by atoms with E-state index in [1.165, 1.54) is 0 Å². The van der Waals surface area contributed by atoms with Crippen molar-refractivity contribution in [3.63, 3.8) is 0 Å². The lowest BCUT2D eigenvalue weighted by molar-refractivity contribution is -0.141. The molecule has 1 unspecified atom stereocenters. The number of benzene rings is 3. The Morgan fingerprint density at radius 2 is 1.73 bits per heavy atom. The lowest BCUT2D eigenvalue weighted by atomic mass is 10.1. The zero-order chi connectivity index (χ0) is 21.5. The molecule has 0 heterocycles. The first-order chi connectivity index (χ1) is 14.5. The van der Waals surface area contributed by atoms with Crippen molar-refractivity contribution in [3.8, 4) is 5.75 Å². The Labute approximate surface area is 185 Å². The summed E-state index contributed by atoms with van der Waals surface area (Å²) in [5.41, 5.74) is 1.11. The summed E-state index contributed by atoms with van der Waals surface area (Å²) in [5.74, 6) is 0.156. The van der Waals surface area contributed by atoms with Gasteiger partial charge in [0.2, 0.25) is 5.91 Å². The monoisotopic (exact) mass is 468 g/mol. The van der Waals surface area contributed by atoms with Gasteiger partial charge < -0.3 is 15.0 Å². The van der Waals surface area contributed by atoms with Gasteiger partial charge in [-0.1, -0.05) is 60.7 Å². The Kier molecular flexibility index (Phi) is 7.46. The molecule has 0 saturated heterocycles. The highest BCUT2D eigenvalue weighted by Gasteiger charge is 2.25. The normalized spacial score (nSPS) is 11.7. The third-order valence-corrected chi connectivity index (χ3v) is 5.89. The van der Waals surface area contributed by atoms with Crippen molar-refractivity contribution in [3.05, 3.63) is 76.8 Å². The number of nitrogens with zero attached hydrogens (tertiary/aromatic N) is 1. The summed E-state index contributed by atoms with van der Waals surface area (Å²) in [6.07, 6.45) is 0.660. The Balaban J connectivity index is 1.72. The molecule has 6 heteroatoms. The van der Waals surface area contributed by atoms with Gasteiger partial charge in [-0.25, -0.2) is 0 Å². The molecule has 0 bridgehead atoms. The summed E-state index contributed by atoms with van der Waals surface area (Å²) in [6.45, 7) is 2.01. The van der Waals surface area contributed by atoms with Gasteiger partial charge in [-0.2, -0.15) is 0 Å². The predicted molar refractivity (Wildman–Crippen MR) is 123 cm³/mol. The topological polar surface area (TPSA) is 58.6 Å². The molecule has 0 aromatic heterocycles. The largest absolute Gasteiger partial charge is 0.483 e. The van der Waals surface area contributed by atoms with Gasteiger partial charge in [0.05, 0.1) is 4.47 Å². The van der Waals surface area contributed by atoms with Crippen LogP contribution in [0, 0.1) is 0 Å². The number of hydrogen-bond donors (Lipinski definition) is 1. The molecule has 5 nitrogen and oxygen atoms in total. The van der Waals surface area contributed by atoms with Crippen LogP contribution in [0.25, 0.3) is 10.8 Å². The van der Waals surface area contributed by atoms with E-state index < -0.39 is 6.04 Å². The highest BCUT2D eigenvalue weighted by Crippen LogP contribution is 2.33. The summed E-state index contributed by atoms with van der Waals surface area (Å²) in [4.78, 5) is 26.7. The second-order valence-corrected chi connectivity index (χ2v) is 7.79. The van der Waals surface area contributed by atoms with Gasteiger partial charge in [0.1, 0.15) is 11.8 Å². The number of likely N-dealkylation sites (N-methyl/N-ethyl adjacent to an activating group) is 1. The highest BCUT2D eigenvalue weighted by atomic mass is 79.9. The first-order valence-electron chi connectivity index (χ1n) is 9.86. The average molecular weight is 469 g/mol. The molecule has 0 fully saturated rings. The van der Waals surface area contributed by atoms with E-state index in [9.17, 15) is 9.59 Å². The molecule has 0 aliphatic carbocycles. The van der Waals surface area contributed by atoms with Crippen LogP contribution >= 0.6 is 15.9 Å². The minimum Gasteiger partial charge on any atom is -0.483 e. The molecule has 156 valence electrons. The molecule has 0 saturated carbocycles. The van der Waals surface area contributed by atoms with Crippen LogP contribution in [0.15, 0.2) is 71.2 Å². The third-order valence-electron chi connectivity index (χ3n) is 5.08. The van der Waals surface area contributed by atoms with Crippen molar-refractivity contribution in [2.24, 2.45) is 0 Å². The molecular formula is C24H25BrN2O3. The van der Waals surface area contributed by atoms with Gasteiger partial charge in [-0.15, -0.1) is 0 Å². The fraction of sp³-hybridized carbons (Fsp3) is 0.250. The van der Waals surface area contributed by atoms with Gasteiger partial charge in [0, 0.05) is 13.6 Å². The zero-order valence-electron chi connectivity index (χ0n) is 17.1. The summed E-state index contributed by atoms with van der Waals surface area (Å²) in [5, 5.41) is 4.72. The van der Waals surface area contributed by atoms with Crippen molar-refractivity contribution in [2.75, 3.05) is 20.2 Å². The number of rotatable bonds is 8. The summed E-state index contributed by atoms with van der Waals surface area (Å²) in [7, 11) is 1.57. The number of hydrogen-bond acceptors (Lipinski definition) is 3. The number of halogens is 1. The van der Waals surface area contributed by atoms with E-state index in [1.807, 2.05) is 66.7 Å². The Morgan fingerprint density at radius 3 is 2.47 bits per heavy atom. The van der Waals surface area contributed by atoms with Crippen LogP contribution in [0.4, 0.5) is 0 Å². The first-order valence-corrected chi connectivity index (χ1v) is 10.7. The van der Waals surface area contributed by atoms with Crippen molar-refractivity contribution in [1.29, 1.82) is 0 Å². The van der Waals surface area contributed by atoms with Crippen LogP contribution in [-0.4, -0.2) is 43.0 Å². The molecule has 1 atom stereocenters. The molecular weight excluding hydrogens is 444 g/mol. The van der Waals surface area contributed by atoms with E-state index in [2.05, 4.69) is 21.2 Å². The second kappa shape index (κ2) is 10.3. The number of carbonyl (C=O) groups is 2. The molecule has 1 N–H and O–H groups in total. The van der Waals surface area contributed by atoms with Crippen molar-refractivity contribution in [2.45, 2.75) is 19.4 Å². The molecule has 0 aliphatic rings. The van der Waals surface area contributed by atoms with E-state index in [-0.39, 0.29) is 18.4 Å².